The summed E-state index contributed by atoms with van der Waals surface area (Å²) in [5.41, 5.74) is 6.56. The Morgan fingerprint density at radius 3 is 2.79 bits per heavy atom. The molecule has 0 aliphatic carbocycles. The van der Waals surface area contributed by atoms with Crippen molar-refractivity contribution < 1.29 is 13.9 Å². The minimum atomic E-state index is -0.493. The van der Waals surface area contributed by atoms with E-state index in [0.29, 0.717) is 20.6 Å². The first-order valence-corrected chi connectivity index (χ1v) is 7.05. The topological polar surface area (TPSA) is 52.3 Å². The van der Waals surface area contributed by atoms with Gasteiger partial charge in [0.2, 0.25) is 0 Å². The maximum Gasteiger partial charge on any atom is 0.348 e. The first-order chi connectivity index (χ1) is 8.97. The fourth-order valence-electron chi connectivity index (χ4n) is 1.45. The van der Waals surface area contributed by atoms with Gasteiger partial charge in [0, 0.05) is 20.6 Å². The normalized spacial score (nSPS) is 10.5. The highest BCUT2D eigenvalue weighted by atomic mass is 79.9. The molecule has 0 saturated carbocycles. The van der Waals surface area contributed by atoms with E-state index in [9.17, 15) is 9.18 Å². The van der Waals surface area contributed by atoms with Gasteiger partial charge in [0.15, 0.2) is 0 Å². The number of ether oxygens (including phenoxy) is 1. The Balaban J connectivity index is 2.04. The highest BCUT2D eigenvalue weighted by Crippen LogP contribution is 2.24. The summed E-state index contributed by atoms with van der Waals surface area (Å²) in [4.78, 5) is 13.0. The third kappa shape index (κ3) is 3.33. The molecule has 1 heterocycles. The molecule has 0 aliphatic rings. The van der Waals surface area contributed by atoms with Gasteiger partial charge in [-0.25, -0.2) is 9.18 Å². The lowest BCUT2D eigenvalue weighted by molar-refractivity contribution is 0.0475. The van der Waals surface area contributed by atoms with Gasteiger partial charge in [0.25, 0.3) is 0 Å². The van der Waals surface area contributed by atoms with Crippen LogP contribution in [0.4, 0.5) is 10.1 Å². The first kappa shape index (κ1) is 14.0. The summed E-state index contributed by atoms with van der Waals surface area (Å²) in [7, 11) is 0. The van der Waals surface area contributed by atoms with Crippen molar-refractivity contribution in [2.75, 3.05) is 5.73 Å². The van der Waals surface area contributed by atoms with Crippen LogP contribution in [0.25, 0.3) is 0 Å². The molecular formula is C13H11BrFNO2S. The lowest BCUT2D eigenvalue weighted by Gasteiger charge is -2.05. The Labute approximate surface area is 122 Å². The number of nitrogen functional groups attached to an aromatic ring is 1. The predicted octanol–water partition coefficient (Wildman–Crippen LogP) is 3.90. The molecule has 1 aromatic heterocycles. The second-order valence-electron chi connectivity index (χ2n) is 3.93. The van der Waals surface area contributed by atoms with Crippen LogP contribution in [0.15, 0.2) is 28.7 Å². The summed E-state index contributed by atoms with van der Waals surface area (Å²) in [6, 6.07) is 6.16. The molecule has 1 aromatic carbocycles. The molecule has 0 amide bonds. The third-order valence-electron chi connectivity index (χ3n) is 2.53. The summed E-state index contributed by atoms with van der Waals surface area (Å²) in [6.45, 7) is 1.72. The highest BCUT2D eigenvalue weighted by Gasteiger charge is 2.13. The molecule has 0 radical (unpaired) electrons. The summed E-state index contributed by atoms with van der Waals surface area (Å²) < 4.78 is 19.2. The van der Waals surface area contributed by atoms with Crippen molar-refractivity contribution in [3.8, 4) is 0 Å². The standard InChI is InChI=1S/C13H11BrFNO2S/c1-7-11(16)5-12(19-7)13(17)18-6-8-2-3-9(14)4-10(8)15/h2-5H,6,16H2,1H3. The van der Waals surface area contributed by atoms with Crippen molar-refractivity contribution in [2.24, 2.45) is 0 Å². The minimum absolute atomic E-state index is 0.102. The van der Waals surface area contributed by atoms with Crippen molar-refractivity contribution in [3.05, 3.63) is 49.9 Å². The number of anilines is 1. The van der Waals surface area contributed by atoms with Crippen LogP contribution < -0.4 is 5.73 Å². The lowest BCUT2D eigenvalue weighted by atomic mass is 10.2. The predicted molar refractivity (Wildman–Crippen MR) is 76.7 cm³/mol. The molecule has 0 spiro atoms. The molecule has 0 saturated heterocycles. The molecular weight excluding hydrogens is 333 g/mol. The van der Waals surface area contributed by atoms with Crippen molar-refractivity contribution in [1.29, 1.82) is 0 Å². The molecule has 2 N–H and O–H groups in total. The van der Waals surface area contributed by atoms with E-state index in [2.05, 4.69) is 15.9 Å². The zero-order valence-electron chi connectivity index (χ0n) is 10.1. The third-order valence-corrected chi connectivity index (χ3v) is 4.07. The van der Waals surface area contributed by atoms with Crippen LogP contribution in [-0.2, 0) is 11.3 Å². The zero-order valence-corrected chi connectivity index (χ0v) is 12.5. The summed E-state index contributed by atoms with van der Waals surface area (Å²) in [6.07, 6.45) is 0. The van der Waals surface area contributed by atoms with Gasteiger partial charge in [-0.1, -0.05) is 22.0 Å². The van der Waals surface area contributed by atoms with Crippen LogP contribution in [0.2, 0.25) is 0 Å². The molecule has 19 heavy (non-hydrogen) atoms. The summed E-state index contributed by atoms with van der Waals surface area (Å²) >= 11 is 4.43. The fourth-order valence-corrected chi connectivity index (χ4v) is 2.62. The van der Waals surface area contributed by atoms with E-state index in [4.69, 9.17) is 10.5 Å². The van der Waals surface area contributed by atoms with E-state index in [1.54, 1.807) is 18.2 Å². The molecule has 6 heteroatoms. The Morgan fingerprint density at radius 2 is 2.21 bits per heavy atom. The Bertz CT molecular complexity index is 608. The quantitative estimate of drug-likeness (QED) is 0.860. The number of nitrogens with two attached hydrogens (primary N) is 1. The van der Waals surface area contributed by atoms with E-state index >= 15 is 0 Å². The molecule has 3 nitrogen and oxygen atoms in total. The number of hydrogen-bond acceptors (Lipinski definition) is 4. The summed E-state index contributed by atoms with van der Waals surface area (Å²) in [5, 5.41) is 0. The van der Waals surface area contributed by atoms with E-state index in [1.165, 1.54) is 17.4 Å². The second kappa shape index (κ2) is 5.71. The van der Waals surface area contributed by atoms with Gasteiger partial charge in [0.1, 0.15) is 17.3 Å². The molecule has 0 unspecified atom stereocenters. The SMILES string of the molecule is Cc1sc(C(=O)OCc2ccc(Br)cc2F)cc1N. The monoisotopic (exact) mass is 343 g/mol. The van der Waals surface area contributed by atoms with Gasteiger partial charge in [-0.3, -0.25) is 0 Å². The van der Waals surface area contributed by atoms with Crippen LogP contribution in [0.1, 0.15) is 20.1 Å². The van der Waals surface area contributed by atoms with E-state index < -0.39 is 11.8 Å². The second-order valence-corrected chi connectivity index (χ2v) is 6.11. The van der Waals surface area contributed by atoms with Crippen molar-refractivity contribution >= 4 is 38.9 Å². The van der Waals surface area contributed by atoms with Crippen molar-refractivity contribution in [2.45, 2.75) is 13.5 Å². The van der Waals surface area contributed by atoms with Gasteiger partial charge in [-0.05, 0) is 25.1 Å². The molecule has 0 atom stereocenters. The first-order valence-electron chi connectivity index (χ1n) is 5.44. The highest BCUT2D eigenvalue weighted by molar-refractivity contribution is 9.10. The maximum absolute atomic E-state index is 13.5. The molecule has 2 aromatic rings. The zero-order chi connectivity index (χ0) is 14.0. The van der Waals surface area contributed by atoms with Crippen LogP contribution in [-0.4, -0.2) is 5.97 Å². The number of benzene rings is 1. The fraction of sp³-hybridized carbons (Fsp3) is 0.154. The number of hydrogen-bond donors (Lipinski definition) is 1. The summed E-state index contributed by atoms with van der Waals surface area (Å²) in [5.74, 6) is -0.906. The van der Waals surface area contributed by atoms with E-state index in [0.717, 1.165) is 4.88 Å². The lowest BCUT2D eigenvalue weighted by Crippen LogP contribution is -2.04. The number of thiophene rings is 1. The Kier molecular flexibility index (Phi) is 4.21. The molecule has 100 valence electrons. The van der Waals surface area contributed by atoms with Gasteiger partial charge < -0.3 is 10.5 Å². The minimum Gasteiger partial charge on any atom is -0.457 e. The van der Waals surface area contributed by atoms with Crippen LogP contribution >= 0.6 is 27.3 Å². The average molecular weight is 344 g/mol. The maximum atomic E-state index is 13.5. The number of esters is 1. The Hall–Kier alpha value is -1.40. The van der Waals surface area contributed by atoms with Crippen LogP contribution in [0, 0.1) is 12.7 Å². The van der Waals surface area contributed by atoms with Gasteiger partial charge in [0.05, 0.1) is 0 Å². The number of aryl methyl sites for hydroxylation is 1. The number of carbonyl (C=O) groups excluding carboxylic acids is 1. The van der Waals surface area contributed by atoms with Gasteiger partial charge >= 0.3 is 5.97 Å². The van der Waals surface area contributed by atoms with Crippen molar-refractivity contribution in [1.82, 2.24) is 0 Å². The van der Waals surface area contributed by atoms with Crippen LogP contribution in [0.5, 0.6) is 0 Å². The van der Waals surface area contributed by atoms with E-state index in [-0.39, 0.29) is 6.61 Å². The van der Waals surface area contributed by atoms with E-state index in [1.807, 2.05) is 6.92 Å². The van der Waals surface area contributed by atoms with Crippen molar-refractivity contribution in [3.63, 3.8) is 0 Å². The van der Waals surface area contributed by atoms with Gasteiger partial charge in [-0.2, -0.15) is 0 Å². The van der Waals surface area contributed by atoms with Crippen LogP contribution in [0.3, 0.4) is 0 Å². The smallest absolute Gasteiger partial charge is 0.348 e. The molecule has 0 fully saturated rings. The molecule has 0 bridgehead atoms. The largest absolute Gasteiger partial charge is 0.457 e. The molecule has 0 aliphatic heterocycles. The number of carbonyl (C=O) groups is 1. The molecule has 2 rings (SSSR count). The number of rotatable bonds is 3. The number of halogens is 2. The Morgan fingerprint density at radius 1 is 1.47 bits per heavy atom. The van der Waals surface area contributed by atoms with Gasteiger partial charge in [-0.15, -0.1) is 11.3 Å². The average Bonchev–Trinajstić information content (AvgIpc) is 2.68.